The van der Waals surface area contributed by atoms with E-state index in [1.165, 1.54) is 16.7 Å². The first kappa shape index (κ1) is 18.2. The molecule has 0 aliphatic rings. The molecular weight excluding hydrogens is 392 g/mol. The van der Waals surface area contributed by atoms with Gasteiger partial charge in [-0.05, 0) is 25.5 Å². The summed E-state index contributed by atoms with van der Waals surface area (Å²) in [6.07, 6.45) is 0. The molecule has 27 heavy (non-hydrogen) atoms. The Kier molecular flexibility index (Phi) is 5.52. The average molecular weight is 411 g/mol. The third-order valence-corrected chi connectivity index (χ3v) is 6.93. The van der Waals surface area contributed by atoms with Crippen molar-refractivity contribution in [2.24, 2.45) is 0 Å². The number of hydrogen-bond donors (Lipinski definition) is 1. The van der Waals surface area contributed by atoms with Crippen LogP contribution in [0.3, 0.4) is 0 Å². The minimum Gasteiger partial charge on any atom is -0.330 e. The summed E-state index contributed by atoms with van der Waals surface area (Å²) in [7, 11) is 0. The standard InChI is InChI=1S/C20H18N4S3/c1-13-7-9-15(10-8-13)18-21-16(11-25-18)12-26-20-24-23-19(27-20)22-17-6-4-3-5-14(17)2/h3-11H,12H2,1-2H3,(H,22,23). The molecule has 2 aromatic carbocycles. The van der Waals surface area contributed by atoms with E-state index in [1.54, 1.807) is 34.4 Å². The Morgan fingerprint density at radius 2 is 1.81 bits per heavy atom. The van der Waals surface area contributed by atoms with Crippen LogP contribution in [0.1, 0.15) is 16.8 Å². The third-order valence-electron chi connectivity index (χ3n) is 3.99. The normalized spacial score (nSPS) is 10.9. The molecule has 0 radical (unpaired) electrons. The number of thiazole rings is 1. The van der Waals surface area contributed by atoms with Crippen LogP contribution in [-0.2, 0) is 5.75 Å². The summed E-state index contributed by atoms with van der Waals surface area (Å²) in [5.74, 6) is 0.793. The summed E-state index contributed by atoms with van der Waals surface area (Å²) in [5.41, 5.74) is 5.75. The molecule has 0 amide bonds. The van der Waals surface area contributed by atoms with Crippen LogP contribution >= 0.6 is 34.4 Å². The lowest BCUT2D eigenvalue weighted by molar-refractivity contribution is 1.01. The van der Waals surface area contributed by atoms with Gasteiger partial charge in [-0.1, -0.05) is 71.1 Å². The minimum absolute atomic E-state index is 0.793. The molecule has 136 valence electrons. The van der Waals surface area contributed by atoms with E-state index in [2.05, 4.69) is 65.1 Å². The molecule has 1 N–H and O–H groups in total. The second-order valence-corrected chi connectivity index (χ2v) is 9.17. The Labute approximate surface area is 170 Å². The predicted octanol–water partition coefficient (Wildman–Crippen LogP) is 6.31. The van der Waals surface area contributed by atoms with Crippen LogP contribution in [0.2, 0.25) is 0 Å². The molecule has 4 nitrogen and oxygen atoms in total. The van der Waals surface area contributed by atoms with Crippen molar-refractivity contribution in [3.63, 3.8) is 0 Å². The van der Waals surface area contributed by atoms with Crippen molar-refractivity contribution in [1.29, 1.82) is 0 Å². The summed E-state index contributed by atoms with van der Waals surface area (Å²) >= 11 is 4.92. The van der Waals surface area contributed by atoms with Crippen LogP contribution in [0.4, 0.5) is 10.8 Å². The Hall–Kier alpha value is -2.22. The molecule has 0 aliphatic heterocycles. The molecule has 0 saturated carbocycles. The topological polar surface area (TPSA) is 50.7 Å². The van der Waals surface area contributed by atoms with E-state index in [-0.39, 0.29) is 0 Å². The summed E-state index contributed by atoms with van der Waals surface area (Å²) in [6, 6.07) is 16.7. The first-order chi connectivity index (χ1) is 13.2. The van der Waals surface area contributed by atoms with Crippen molar-refractivity contribution >= 4 is 45.3 Å². The maximum atomic E-state index is 4.75. The van der Waals surface area contributed by atoms with Gasteiger partial charge in [0.05, 0.1) is 5.69 Å². The molecular formula is C20H18N4S3. The quantitative estimate of drug-likeness (QED) is 0.377. The number of nitrogens with one attached hydrogen (secondary N) is 1. The number of benzene rings is 2. The number of nitrogens with zero attached hydrogens (tertiary/aromatic N) is 3. The van der Waals surface area contributed by atoms with Crippen LogP contribution < -0.4 is 5.32 Å². The molecule has 4 rings (SSSR count). The van der Waals surface area contributed by atoms with Gasteiger partial charge in [0.2, 0.25) is 5.13 Å². The maximum absolute atomic E-state index is 4.75. The minimum atomic E-state index is 0.793. The van der Waals surface area contributed by atoms with Crippen LogP contribution in [0.5, 0.6) is 0 Å². The first-order valence-corrected chi connectivity index (χ1v) is 11.2. The molecule has 0 atom stereocenters. The van der Waals surface area contributed by atoms with Gasteiger partial charge in [-0.15, -0.1) is 21.5 Å². The Bertz CT molecular complexity index is 1040. The Morgan fingerprint density at radius 1 is 1.00 bits per heavy atom. The zero-order valence-electron chi connectivity index (χ0n) is 15.0. The van der Waals surface area contributed by atoms with Crippen LogP contribution in [0.25, 0.3) is 10.6 Å². The highest BCUT2D eigenvalue weighted by Crippen LogP contribution is 2.32. The average Bonchev–Trinajstić information content (AvgIpc) is 3.32. The van der Waals surface area contributed by atoms with Crippen LogP contribution in [-0.4, -0.2) is 15.2 Å². The fraction of sp³-hybridized carbons (Fsp3) is 0.150. The molecule has 2 aromatic heterocycles. The maximum Gasteiger partial charge on any atom is 0.210 e. The van der Waals surface area contributed by atoms with Gasteiger partial charge in [-0.25, -0.2) is 4.98 Å². The number of para-hydroxylation sites is 1. The highest BCUT2D eigenvalue weighted by molar-refractivity contribution is 8.00. The van der Waals surface area contributed by atoms with Crippen molar-refractivity contribution in [2.75, 3.05) is 5.32 Å². The van der Waals surface area contributed by atoms with Crippen LogP contribution in [0, 0.1) is 13.8 Å². The van der Waals surface area contributed by atoms with Crippen molar-refractivity contribution in [2.45, 2.75) is 23.9 Å². The highest BCUT2D eigenvalue weighted by atomic mass is 32.2. The summed E-state index contributed by atoms with van der Waals surface area (Å²) < 4.78 is 0.941. The van der Waals surface area contributed by atoms with Gasteiger partial charge in [0, 0.05) is 22.4 Å². The van der Waals surface area contributed by atoms with Gasteiger partial charge in [-0.2, -0.15) is 0 Å². The lowest BCUT2D eigenvalue weighted by atomic mass is 10.2. The highest BCUT2D eigenvalue weighted by Gasteiger charge is 2.09. The number of thioether (sulfide) groups is 1. The largest absolute Gasteiger partial charge is 0.330 e. The smallest absolute Gasteiger partial charge is 0.210 e. The fourth-order valence-electron chi connectivity index (χ4n) is 2.48. The van der Waals surface area contributed by atoms with E-state index in [0.29, 0.717) is 0 Å². The molecule has 0 aliphatic carbocycles. The molecule has 0 fully saturated rings. The molecule has 0 unspecified atom stereocenters. The lowest BCUT2D eigenvalue weighted by Crippen LogP contribution is -1.91. The van der Waals surface area contributed by atoms with Gasteiger partial charge in [0.1, 0.15) is 5.01 Å². The van der Waals surface area contributed by atoms with Gasteiger partial charge in [-0.3, -0.25) is 0 Å². The van der Waals surface area contributed by atoms with Gasteiger partial charge < -0.3 is 5.32 Å². The van der Waals surface area contributed by atoms with E-state index >= 15 is 0 Å². The van der Waals surface area contributed by atoms with Crippen molar-refractivity contribution in [3.8, 4) is 10.6 Å². The SMILES string of the molecule is Cc1ccc(-c2nc(CSc3nnc(Nc4ccccc4C)s3)cs2)cc1. The van der Waals surface area contributed by atoms with Gasteiger partial charge in [0.15, 0.2) is 4.34 Å². The first-order valence-electron chi connectivity index (χ1n) is 8.48. The summed E-state index contributed by atoms with van der Waals surface area (Å²) in [5, 5.41) is 15.9. The van der Waals surface area contributed by atoms with E-state index in [0.717, 1.165) is 31.6 Å². The summed E-state index contributed by atoms with van der Waals surface area (Å²) in [4.78, 5) is 4.75. The second-order valence-electron chi connectivity index (χ2n) is 6.11. The van der Waals surface area contributed by atoms with Crippen LogP contribution in [0.15, 0.2) is 58.3 Å². The molecule has 7 heteroatoms. The Balaban J connectivity index is 1.38. The van der Waals surface area contributed by atoms with E-state index in [1.807, 2.05) is 18.2 Å². The lowest BCUT2D eigenvalue weighted by Gasteiger charge is -2.04. The monoisotopic (exact) mass is 410 g/mol. The number of anilines is 2. The zero-order chi connectivity index (χ0) is 18.6. The molecule has 0 spiro atoms. The summed E-state index contributed by atoms with van der Waals surface area (Å²) in [6.45, 7) is 4.17. The molecule has 4 aromatic rings. The van der Waals surface area contributed by atoms with E-state index in [4.69, 9.17) is 4.98 Å². The van der Waals surface area contributed by atoms with Gasteiger partial charge >= 0.3 is 0 Å². The third kappa shape index (κ3) is 4.55. The van der Waals surface area contributed by atoms with Crippen molar-refractivity contribution in [3.05, 3.63) is 70.7 Å². The fourth-order valence-corrected chi connectivity index (χ4v) is 5.07. The number of aryl methyl sites for hydroxylation is 2. The molecule has 0 saturated heterocycles. The van der Waals surface area contributed by atoms with Crippen molar-refractivity contribution in [1.82, 2.24) is 15.2 Å². The van der Waals surface area contributed by atoms with E-state index < -0.39 is 0 Å². The number of hydrogen-bond acceptors (Lipinski definition) is 7. The second kappa shape index (κ2) is 8.21. The Morgan fingerprint density at radius 3 is 2.63 bits per heavy atom. The van der Waals surface area contributed by atoms with Gasteiger partial charge in [0.25, 0.3) is 0 Å². The van der Waals surface area contributed by atoms with E-state index in [9.17, 15) is 0 Å². The van der Waals surface area contributed by atoms with Crippen molar-refractivity contribution < 1.29 is 0 Å². The zero-order valence-corrected chi connectivity index (χ0v) is 17.4. The number of rotatable bonds is 6. The molecule has 2 heterocycles. The molecule has 0 bridgehead atoms. The predicted molar refractivity (Wildman–Crippen MR) is 116 cm³/mol. The number of aromatic nitrogens is 3.